The van der Waals surface area contributed by atoms with Crippen molar-refractivity contribution in [2.24, 2.45) is 0 Å². The Balaban J connectivity index is 2.28. The van der Waals surface area contributed by atoms with Crippen LogP contribution in [-0.4, -0.2) is 30.2 Å². The average Bonchev–Trinajstić information content (AvgIpc) is 2.68. The van der Waals surface area contributed by atoms with Gasteiger partial charge in [0.1, 0.15) is 12.4 Å². The zero-order chi connectivity index (χ0) is 11.3. The minimum absolute atomic E-state index is 0.117. The topological polar surface area (TPSA) is 45.4 Å². The smallest absolute Gasteiger partial charge is 0.282 e. The molecule has 0 spiro atoms. The summed E-state index contributed by atoms with van der Waals surface area (Å²) < 4.78 is 30.4. The summed E-state index contributed by atoms with van der Waals surface area (Å²) in [5.74, 6) is -2.31. The van der Waals surface area contributed by atoms with Gasteiger partial charge in [0, 0.05) is 12.5 Å². The highest BCUT2D eigenvalue weighted by atomic mass is 19.3. The number of aliphatic hydroxyl groups is 1. The molecule has 0 fully saturated rings. The van der Waals surface area contributed by atoms with Gasteiger partial charge in [0.15, 0.2) is 0 Å². The zero-order valence-electron chi connectivity index (χ0n) is 8.54. The van der Waals surface area contributed by atoms with Crippen LogP contribution in [0.25, 0.3) is 0 Å². The minimum Gasteiger partial charge on any atom is -0.469 e. The van der Waals surface area contributed by atoms with Gasteiger partial charge in [-0.1, -0.05) is 0 Å². The number of halogens is 2. The van der Waals surface area contributed by atoms with Gasteiger partial charge < -0.3 is 14.8 Å². The third kappa shape index (κ3) is 4.40. The molecule has 0 aliphatic heterocycles. The van der Waals surface area contributed by atoms with Crippen molar-refractivity contribution in [2.75, 3.05) is 13.2 Å². The van der Waals surface area contributed by atoms with Crippen LogP contribution in [0, 0.1) is 0 Å². The lowest BCUT2D eigenvalue weighted by Crippen LogP contribution is -2.40. The van der Waals surface area contributed by atoms with Crippen molar-refractivity contribution in [3.05, 3.63) is 24.2 Å². The molecule has 0 amide bonds. The second-order valence-corrected chi connectivity index (χ2v) is 3.58. The molecule has 0 saturated heterocycles. The first-order chi connectivity index (χ1) is 7.03. The van der Waals surface area contributed by atoms with Gasteiger partial charge in [-0.15, -0.1) is 0 Å². The van der Waals surface area contributed by atoms with Gasteiger partial charge in [-0.3, -0.25) is 0 Å². The summed E-state index contributed by atoms with van der Waals surface area (Å²) in [7, 11) is 0. The molecule has 0 aromatic carbocycles. The predicted octanol–water partition coefficient (Wildman–Crippen LogP) is 1.43. The second-order valence-electron chi connectivity index (χ2n) is 3.58. The fourth-order valence-electron chi connectivity index (χ4n) is 1.18. The zero-order valence-corrected chi connectivity index (χ0v) is 8.54. The van der Waals surface area contributed by atoms with E-state index in [1.54, 1.807) is 25.3 Å². The van der Waals surface area contributed by atoms with Crippen LogP contribution in [0.1, 0.15) is 12.7 Å². The normalized spacial score (nSPS) is 14.1. The summed E-state index contributed by atoms with van der Waals surface area (Å²) >= 11 is 0. The first-order valence-electron chi connectivity index (χ1n) is 4.78. The maximum atomic E-state index is 12.7. The molecule has 15 heavy (non-hydrogen) atoms. The van der Waals surface area contributed by atoms with E-state index in [1.807, 2.05) is 0 Å². The fourth-order valence-corrected chi connectivity index (χ4v) is 1.18. The fraction of sp³-hybridized carbons (Fsp3) is 0.600. The Bertz CT molecular complexity index is 275. The van der Waals surface area contributed by atoms with Crippen molar-refractivity contribution in [2.45, 2.75) is 25.3 Å². The highest BCUT2D eigenvalue weighted by molar-refractivity contribution is 5.00. The summed E-state index contributed by atoms with van der Waals surface area (Å²) in [5.41, 5.74) is 0. The van der Waals surface area contributed by atoms with E-state index in [0.717, 1.165) is 5.76 Å². The van der Waals surface area contributed by atoms with Crippen molar-refractivity contribution >= 4 is 0 Å². The quantitative estimate of drug-likeness (QED) is 0.760. The van der Waals surface area contributed by atoms with E-state index in [1.165, 1.54) is 0 Å². The lowest BCUT2D eigenvalue weighted by Gasteiger charge is -2.17. The molecule has 2 N–H and O–H groups in total. The SMILES string of the molecule is CC(Cc1ccco1)NCC(F)(F)CO. The number of alkyl halides is 2. The third-order valence-electron chi connectivity index (χ3n) is 2.03. The number of furan rings is 1. The molecule has 86 valence electrons. The van der Waals surface area contributed by atoms with Crippen LogP contribution in [0.3, 0.4) is 0 Å². The van der Waals surface area contributed by atoms with Gasteiger partial charge in [0.05, 0.1) is 12.8 Å². The van der Waals surface area contributed by atoms with Crippen LogP contribution < -0.4 is 5.32 Å². The van der Waals surface area contributed by atoms with E-state index in [-0.39, 0.29) is 6.04 Å². The van der Waals surface area contributed by atoms with E-state index < -0.39 is 19.1 Å². The van der Waals surface area contributed by atoms with Gasteiger partial charge >= 0.3 is 0 Å². The van der Waals surface area contributed by atoms with Crippen LogP contribution in [0.5, 0.6) is 0 Å². The monoisotopic (exact) mass is 219 g/mol. The summed E-state index contributed by atoms with van der Waals surface area (Å²) in [6.07, 6.45) is 2.10. The van der Waals surface area contributed by atoms with Crippen molar-refractivity contribution < 1.29 is 18.3 Å². The van der Waals surface area contributed by atoms with Crippen LogP contribution in [0.2, 0.25) is 0 Å². The van der Waals surface area contributed by atoms with E-state index in [2.05, 4.69) is 5.32 Å². The van der Waals surface area contributed by atoms with Gasteiger partial charge in [-0.05, 0) is 19.1 Å². The highest BCUT2D eigenvalue weighted by Gasteiger charge is 2.27. The van der Waals surface area contributed by atoms with E-state index in [9.17, 15) is 8.78 Å². The molecule has 5 heteroatoms. The van der Waals surface area contributed by atoms with Gasteiger partial charge in [-0.2, -0.15) is 0 Å². The van der Waals surface area contributed by atoms with Crippen LogP contribution in [-0.2, 0) is 6.42 Å². The van der Waals surface area contributed by atoms with Crippen LogP contribution >= 0.6 is 0 Å². The van der Waals surface area contributed by atoms with Crippen molar-refractivity contribution in [1.82, 2.24) is 5.32 Å². The maximum Gasteiger partial charge on any atom is 0.282 e. The number of hydrogen-bond donors (Lipinski definition) is 2. The third-order valence-corrected chi connectivity index (χ3v) is 2.03. The Morgan fingerprint density at radius 2 is 2.33 bits per heavy atom. The molecule has 1 heterocycles. The standard InChI is InChI=1S/C10H15F2NO2/c1-8(5-9-3-2-4-15-9)13-6-10(11,12)7-14/h2-4,8,13-14H,5-7H2,1H3. The molecule has 0 aliphatic rings. The van der Waals surface area contributed by atoms with Crippen molar-refractivity contribution in [1.29, 1.82) is 0 Å². The summed E-state index contributed by atoms with van der Waals surface area (Å²) in [6.45, 7) is 0.134. The van der Waals surface area contributed by atoms with Crippen molar-refractivity contribution in [3.8, 4) is 0 Å². The molecule has 1 aromatic heterocycles. The van der Waals surface area contributed by atoms with Gasteiger partial charge in [0.2, 0.25) is 0 Å². The van der Waals surface area contributed by atoms with Crippen molar-refractivity contribution in [3.63, 3.8) is 0 Å². The highest BCUT2D eigenvalue weighted by Crippen LogP contribution is 2.11. The number of rotatable bonds is 6. The summed E-state index contributed by atoms with van der Waals surface area (Å²) in [6, 6.07) is 3.43. The number of aliphatic hydroxyl groups excluding tert-OH is 1. The first-order valence-corrected chi connectivity index (χ1v) is 4.78. The summed E-state index contributed by atoms with van der Waals surface area (Å²) in [4.78, 5) is 0. The van der Waals surface area contributed by atoms with Crippen LogP contribution in [0.15, 0.2) is 22.8 Å². The molecule has 0 radical (unpaired) electrons. The Kier molecular flexibility index (Phi) is 4.23. The molecule has 0 saturated carbocycles. The van der Waals surface area contributed by atoms with Crippen LogP contribution in [0.4, 0.5) is 8.78 Å². The molecule has 1 aromatic rings. The molecular weight excluding hydrogens is 204 g/mol. The lowest BCUT2D eigenvalue weighted by atomic mass is 10.2. The lowest BCUT2D eigenvalue weighted by molar-refractivity contribution is -0.0490. The largest absolute Gasteiger partial charge is 0.469 e. The molecule has 3 nitrogen and oxygen atoms in total. The van der Waals surface area contributed by atoms with E-state index in [4.69, 9.17) is 9.52 Å². The second kappa shape index (κ2) is 5.23. The molecule has 1 rings (SSSR count). The predicted molar refractivity (Wildman–Crippen MR) is 51.9 cm³/mol. The Labute approximate surface area is 87.1 Å². The first kappa shape index (κ1) is 12.1. The Morgan fingerprint density at radius 1 is 1.60 bits per heavy atom. The van der Waals surface area contributed by atoms with E-state index in [0.29, 0.717) is 6.42 Å². The van der Waals surface area contributed by atoms with Gasteiger partial charge in [-0.25, -0.2) is 8.78 Å². The maximum absolute atomic E-state index is 12.7. The summed E-state index contributed by atoms with van der Waals surface area (Å²) in [5, 5.41) is 11.0. The molecule has 1 atom stereocenters. The molecule has 0 aliphatic carbocycles. The molecule has 1 unspecified atom stereocenters. The number of nitrogens with one attached hydrogen (secondary N) is 1. The molecular formula is C10H15F2NO2. The number of hydrogen-bond acceptors (Lipinski definition) is 3. The average molecular weight is 219 g/mol. The Morgan fingerprint density at radius 3 is 2.87 bits per heavy atom. The van der Waals surface area contributed by atoms with E-state index >= 15 is 0 Å². The Hall–Kier alpha value is -0.940. The van der Waals surface area contributed by atoms with Gasteiger partial charge in [0.25, 0.3) is 5.92 Å². The minimum atomic E-state index is -3.06. The molecule has 0 bridgehead atoms.